The van der Waals surface area contributed by atoms with Crippen molar-refractivity contribution in [3.8, 4) is 17.0 Å². The van der Waals surface area contributed by atoms with E-state index in [2.05, 4.69) is 14.9 Å². The minimum atomic E-state index is -0.574. The van der Waals surface area contributed by atoms with Gasteiger partial charge in [0.15, 0.2) is 6.10 Å². The smallest absolute Gasteiger partial charge is 0.265 e. The Hall–Kier alpha value is -3.08. The van der Waals surface area contributed by atoms with E-state index in [0.29, 0.717) is 5.75 Å². The van der Waals surface area contributed by atoms with E-state index < -0.39 is 6.10 Å². The van der Waals surface area contributed by atoms with Gasteiger partial charge in [0.25, 0.3) is 5.91 Å². The first-order valence-electron chi connectivity index (χ1n) is 8.88. The molecule has 0 aliphatic carbocycles. The number of fused-ring (bicyclic) bond motifs is 1. The molecule has 0 saturated heterocycles. The van der Waals surface area contributed by atoms with Crippen LogP contribution in [0.3, 0.4) is 0 Å². The highest BCUT2D eigenvalue weighted by atomic mass is 16.5. The summed E-state index contributed by atoms with van der Waals surface area (Å²) >= 11 is 0. The Balaban J connectivity index is 1.41. The number of aromatic nitrogens is 2. The number of anilines is 1. The van der Waals surface area contributed by atoms with Crippen molar-refractivity contribution in [1.82, 2.24) is 9.55 Å². The number of carbonyl (C=O) groups is 1. The average molecular weight is 347 g/mol. The molecule has 2 heterocycles. The first kappa shape index (κ1) is 16.4. The van der Waals surface area contributed by atoms with Crippen LogP contribution in [0.1, 0.15) is 19.2 Å². The van der Waals surface area contributed by atoms with Gasteiger partial charge in [0.2, 0.25) is 0 Å². The van der Waals surface area contributed by atoms with Crippen molar-refractivity contribution in [3.63, 3.8) is 0 Å². The van der Waals surface area contributed by atoms with E-state index in [1.165, 1.54) is 0 Å². The number of hydrogen-bond acceptors (Lipinski definition) is 3. The quantitative estimate of drug-likeness (QED) is 0.761. The fraction of sp³-hybridized carbons (Fsp3) is 0.238. The predicted molar refractivity (Wildman–Crippen MR) is 101 cm³/mol. The Kier molecular flexibility index (Phi) is 4.44. The van der Waals surface area contributed by atoms with Crippen molar-refractivity contribution in [2.75, 3.05) is 5.32 Å². The van der Waals surface area contributed by atoms with Crippen LogP contribution in [0, 0.1) is 0 Å². The summed E-state index contributed by atoms with van der Waals surface area (Å²) in [4.78, 5) is 16.8. The number of nitrogens with zero attached hydrogens (tertiary/aromatic N) is 2. The molecule has 0 spiro atoms. The number of amides is 1. The minimum absolute atomic E-state index is 0.174. The van der Waals surface area contributed by atoms with Gasteiger partial charge in [-0.2, -0.15) is 0 Å². The molecule has 0 fully saturated rings. The lowest BCUT2D eigenvalue weighted by atomic mass is 10.1. The molecule has 5 heteroatoms. The van der Waals surface area contributed by atoms with Crippen molar-refractivity contribution < 1.29 is 9.53 Å². The monoisotopic (exact) mass is 347 g/mol. The second-order valence-electron chi connectivity index (χ2n) is 6.45. The zero-order chi connectivity index (χ0) is 17.9. The highest BCUT2D eigenvalue weighted by Crippen LogP contribution is 2.26. The number of rotatable bonds is 5. The fourth-order valence-electron chi connectivity index (χ4n) is 3.21. The molecule has 5 nitrogen and oxygen atoms in total. The molecule has 2 aromatic carbocycles. The van der Waals surface area contributed by atoms with E-state index in [1.807, 2.05) is 60.8 Å². The number of ether oxygens (including phenoxy) is 1. The van der Waals surface area contributed by atoms with Crippen molar-refractivity contribution >= 4 is 11.6 Å². The van der Waals surface area contributed by atoms with Gasteiger partial charge in [-0.1, -0.05) is 30.3 Å². The maximum Gasteiger partial charge on any atom is 0.265 e. The van der Waals surface area contributed by atoms with Crippen LogP contribution in [-0.4, -0.2) is 21.6 Å². The third kappa shape index (κ3) is 3.33. The number of carbonyl (C=O) groups excluding carboxylic acids is 1. The summed E-state index contributed by atoms with van der Waals surface area (Å²) in [6.07, 6.45) is 3.56. The van der Waals surface area contributed by atoms with Crippen LogP contribution < -0.4 is 10.1 Å². The van der Waals surface area contributed by atoms with Crippen molar-refractivity contribution in [3.05, 3.63) is 66.6 Å². The van der Waals surface area contributed by atoms with Gasteiger partial charge >= 0.3 is 0 Å². The topological polar surface area (TPSA) is 56.1 Å². The molecule has 1 N–H and O–H groups in total. The van der Waals surface area contributed by atoms with Crippen LogP contribution in [0.25, 0.3) is 11.3 Å². The molecule has 4 rings (SSSR count). The number of para-hydroxylation sites is 1. The molecule has 1 aliphatic heterocycles. The van der Waals surface area contributed by atoms with Gasteiger partial charge in [-0.15, -0.1) is 0 Å². The van der Waals surface area contributed by atoms with E-state index >= 15 is 0 Å². The SMILES string of the molecule is CC(Oc1ccccc1)C(=O)Nc1ccc(-c2cnc3n2CCC3)cc1. The van der Waals surface area contributed by atoms with E-state index in [9.17, 15) is 4.79 Å². The summed E-state index contributed by atoms with van der Waals surface area (Å²) in [6, 6.07) is 17.2. The first-order chi connectivity index (χ1) is 12.7. The third-order valence-electron chi connectivity index (χ3n) is 4.59. The van der Waals surface area contributed by atoms with Crippen molar-refractivity contribution in [2.24, 2.45) is 0 Å². The normalized spacial score (nSPS) is 13.9. The Bertz CT molecular complexity index is 901. The maximum absolute atomic E-state index is 12.3. The molecular weight excluding hydrogens is 326 g/mol. The van der Waals surface area contributed by atoms with E-state index in [4.69, 9.17) is 4.74 Å². The Morgan fingerprint density at radius 1 is 1.15 bits per heavy atom. The van der Waals surface area contributed by atoms with Gasteiger partial charge in [0, 0.05) is 18.7 Å². The summed E-state index contributed by atoms with van der Waals surface area (Å²) in [5.41, 5.74) is 3.00. The van der Waals surface area contributed by atoms with E-state index in [-0.39, 0.29) is 5.91 Å². The molecule has 1 unspecified atom stereocenters. The molecular formula is C21H21N3O2. The molecule has 26 heavy (non-hydrogen) atoms. The standard InChI is InChI=1S/C21H21N3O2/c1-15(26-18-6-3-2-4-7-18)21(25)23-17-11-9-16(10-12-17)19-14-22-20-8-5-13-24(19)20/h2-4,6-7,9-12,14-15H,5,8,13H2,1H3,(H,23,25). The number of aryl methyl sites for hydroxylation is 1. The average Bonchev–Trinajstić information content (AvgIpc) is 3.27. The summed E-state index contributed by atoms with van der Waals surface area (Å²) in [7, 11) is 0. The number of hydrogen-bond donors (Lipinski definition) is 1. The van der Waals surface area contributed by atoms with E-state index in [1.54, 1.807) is 6.92 Å². The fourth-order valence-corrected chi connectivity index (χ4v) is 3.21. The second-order valence-corrected chi connectivity index (χ2v) is 6.45. The third-order valence-corrected chi connectivity index (χ3v) is 4.59. The zero-order valence-corrected chi connectivity index (χ0v) is 14.7. The van der Waals surface area contributed by atoms with Crippen LogP contribution in [-0.2, 0) is 17.8 Å². The highest BCUT2D eigenvalue weighted by Gasteiger charge is 2.17. The number of nitrogens with one attached hydrogen (secondary N) is 1. The van der Waals surface area contributed by atoms with Gasteiger partial charge in [-0.05, 0) is 43.2 Å². The molecule has 1 aromatic heterocycles. The lowest BCUT2D eigenvalue weighted by Crippen LogP contribution is -2.30. The first-order valence-corrected chi connectivity index (χ1v) is 8.88. The molecule has 132 valence electrons. The Morgan fingerprint density at radius 3 is 2.69 bits per heavy atom. The molecule has 0 radical (unpaired) electrons. The summed E-state index contributed by atoms with van der Waals surface area (Å²) in [5.74, 6) is 1.66. The van der Waals surface area contributed by atoms with Crippen molar-refractivity contribution in [2.45, 2.75) is 32.4 Å². The van der Waals surface area contributed by atoms with Crippen LogP contribution in [0.4, 0.5) is 5.69 Å². The molecule has 0 saturated carbocycles. The Morgan fingerprint density at radius 2 is 1.92 bits per heavy atom. The minimum Gasteiger partial charge on any atom is -0.481 e. The lowest BCUT2D eigenvalue weighted by Gasteiger charge is -2.15. The predicted octanol–water partition coefficient (Wildman–Crippen LogP) is 3.90. The molecule has 1 aliphatic rings. The van der Waals surface area contributed by atoms with Crippen molar-refractivity contribution in [1.29, 1.82) is 0 Å². The van der Waals surface area contributed by atoms with Gasteiger partial charge in [0.1, 0.15) is 11.6 Å². The molecule has 1 amide bonds. The van der Waals surface area contributed by atoms with Crippen LogP contribution in [0.5, 0.6) is 5.75 Å². The lowest BCUT2D eigenvalue weighted by molar-refractivity contribution is -0.122. The van der Waals surface area contributed by atoms with Crippen LogP contribution >= 0.6 is 0 Å². The summed E-state index contributed by atoms with van der Waals surface area (Å²) < 4.78 is 7.92. The molecule has 3 aromatic rings. The van der Waals surface area contributed by atoms with Gasteiger partial charge in [-0.25, -0.2) is 4.98 Å². The molecule has 0 bridgehead atoms. The summed E-state index contributed by atoms with van der Waals surface area (Å²) in [6.45, 7) is 2.77. The van der Waals surface area contributed by atoms with Gasteiger partial charge in [0.05, 0.1) is 11.9 Å². The maximum atomic E-state index is 12.3. The summed E-state index contributed by atoms with van der Waals surface area (Å²) in [5, 5.41) is 2.90. The van der Waals surface area contributed by atoms with Crippen LogP contribution in [0.15, 0.2) is 60.8 Å². The highest BCUT2D eigenvalue weighted by molar-refractivity contribution is 5.94. The second kappa shape index (κ2) is 7.04. The van der Waals surface area contributed by atoms with E-state index in [0.717, 1.165) is 42.2 Å². The number of imidazole rings is 1. The van der Waals surface area contributed by atoms with Gasteiger partial charge in [-0.3, -0.25) is 4.79 Å². The van der Waals surface area contributed by atoms with Gasteiger partial charge < -0.3 is 14.6 Å². The number of benzene rings is 2. The molecule has 1 atom stereocenters. The largest absolute Gasteiger partial charge is 0.481 e. The zero-order valence-electron chi connectivity index (χ0n) is 14.7. The Labute approximate surface area is 152 Å². The van der Waals surface area contributed by atoms with Crippen LogP contribution in [0.2, 0.25) is 0 Å².